The van der Waals surface area contributed by atoms with Gasteiger partial charge >= 0.3 is 5.97 Å². The molecule has 1 aliphatic carbocycles. The number of carbonyl (C=O) groups excluding carboxylic acids is 1. The molecule has 98 valence electrons. The van der Waals surface area contributed by atoms with Crippen LogP contribution in [-0.4, -0.2) is 38.4 Å². The number of nitrogens with one attached hydrogen (secondary N) is 1. The second-order valence-corrected chi connectivity index (χ2v) is 5.11. The number of esters is 1. The van der Waals surface area contributed by atoms with Gasteiger partial charge in [-0.1, -0.05) is 12.8 Å². The quantitative estimate of drug-likeness (QED) is 0.598. The Kier molecular flexibility index (Phi) is 4.80. The van der Waals surface area contributed by atoms with Crippen molar-refractivity contribution in [3.63, 3.8) is 0 Å². The molecule has 0 aromatic carbocycles. The SMILES string of the molecule is COCCOC(=O)C1CCC2CCCCC2N1. The molecule has 0 bridgehead atoms. The van der Waals surface area contributed by atoms with Gasteiger partial charge in [-0.3, -0.25) is 4.79 Å². The molecule has 1 heterocycles. The molecule has 2 fully saturated rings. The molecule has 2 aliphatic rings. The number of hydrogen-bond acceptors (Lipinski definition) is 4. The zero-order valence-corrected chi connectivity index (χ0v) is 10.6. The molecule has 1 N–H and O–H groups in total. The minimum atomic E-state index is -0.105. The second-order valence-electron chi connectivity index (χ2n) is 5.11. The van der Waals surface area contributed by atoms with E-state index in [-0.39, 0.29) is 12.0 Å². The third kappa shape index (κ3) is 3.42. The molecule has 0 amide bonds. The van der Waals surface area contributed by atoms with Crippen molar-refractivity contribution in [2.75, 3.05) is 20.3 Å². The Morgan fingerprint density at radius 1 is 1.18 bits per heavy atom. The van der Waals surface area contributed by atoms with Crippen molar-refractivity contribution in [3.8, 4) is 0 Å². The molecule has 0 radical (unpaired) electrons. The number of fused-ring (bicyclic) bond motifs is 1. The number of piperidine rings is 1. The summed E-state index contributed by atoms with van der Waals surface area (Å²) in [5, 5.41) is 3.47. The Balaban J connectivity index is 1.76. The zero-order chi connectivity index (χ0) is 12.1. The normalized spacial score (nSPS) is 32.9. The molecule has 0 spiro atoms. The van der Waals surface area contributed by atoms with Crippen LogP contribution in [0.3, 0.4) is 0 Å². The van der Waals surface area contributed by atoms with Gasteiger partial charge in [0.15, 0.2) is 0 Å². The second kappa shape index (κ2) is 6.36. The van der Waals surface area contributed by atoms with E-state index in [1.807, 2.05) is 0 Å². The van der Waals surface area contributed by atoms with E-state index >= 15 is 0 Å². The average Bonchev–Trinajstić information content (AvgIpc) is 2.38. The van der Waals surface area contributed by atoms with Gasteiger partial charge in [-0.25, -0.2) is 0 Å². The van der Waals surface area contributed by atoms with Crippen LogP contribution in [0.15, 0.2) is 0 Å². The highest BCUT2D eigenvalue weighted by molar-refractivity contribution is 5.76. The number of carbonyl (C=O) groups is 1. The van der Waals surface area contributed by atoms with Crippen molar-refractivity contribution in [1.82, 2.24) is 5.32 Å². The monoisotopic (exact) mass is 241 g/mol. The number of ether oxygens (including phenoxy) is 2. The third-order valence-electron chi connectivity index (χ3n) is 3.97. The van der Waals surface area contributed by atoms with Gasteiger partial charge in [-0.15, -0.1) is 0 Å². The molecule has 3 unspecified atom stereocenters. The van der Waals surface area contributed by atoms with E-state index < -0.39 is 0 Å². The van der Waals surface area contributed by atoms with Crippen LogP contribution in [-0.2, 0) is 14.3 Å². The summed E-state index contributed by atoms with van der Waals surface area (Å²) in [6.45, 7) is 0.839. The number of hydrogen-bond donors (Lipinski definition) is 1. The molecule has 3 atom stereocenters. The lowest BCUT2D eigenvalue weighted by Gasteiger charge is -2.39. The Bertz CT molecular complexity index is 257. The Hall–Kier alpha value is -0.610. The molecular weight excluding hydrogens is 218 g/mol. The van der Waals surface area contributed by atoms with Crippen LogP contribution in [0, 0.1) is 5.92 Å². The van der Waals surface area contributed by atoms with Gasteiger partial charge in [0, 0.05) is 13.2 Å². The van der Waals surface area contributed by atoms with E-state index in [0.717, 1.165) is 12.3 Å². The lowest BCUT2D eigenvalue weighted by Crippen LogP contribution is -2.52. The van der Waals surface area contributed by atoms with E-state index in [9.17, 15) is 4.79 Å². The predicted octanol–water partition coefficient (Wildman–Crippen LogP) is 1.49. The van der Waals surface area contributed by atoms with Gasteiger partial charge < -0.3 is 14.8 Å². The summed E-state index contributed by atoms with van der Waals surface area (Å²) < 4.78 is 10.0. The Morgan fingerprint density at radius 3 is 2.82 bits per heavy atom. The summed E-state index contributed by atoms with van der Waals surface area (Å²) in [4.78, 5) is 11.8. The van der Waals surface area contributed by atoms with E-state index in [4.69, 9.17) is 9.47 Å². The van der Waals surface area contributed by atoms with E-state index in [0.29, 0.717) is 19.3 Å². The van der Waals surface area contributed by atoms with E-state index in [2.05, 4.69) is 5.32 Å². The molecule has 1 saturated carbocycles. The van der Waals surface area contributed by atoms with Crippen LogP contribution in [0.2, 0.25) is 0 Å². The van der Waals surface area contributed by atoms with Crippen LogP contribution < -0.4 is 5.32 Å². The Labute approximate surface area is 103 Å². The van der Waals surface area contributed by atoms with Crippen molar-refractivity contribution < 1.29 is 14.3 Å². The van der Waals surface area contributed by atoms with Gasteiger partial charge in [-0.05, 0) is 31.6 Å². The van der Waals surface area contributed by atoms with Crippen molar-refractivity contribution >= 4 is 5.97 Å². The summed E-state index contributed by atoms with van der Waals surface area (Å²) in [7, 11) is 1.61. The molecule has 2 rings (SSSR count). The van der Waals surface area contributed by atoms with E-state index in [1.54, 1.807) is 7.11 Å². The van der Waals surface area contributed by atoms with Crippen LogP contribution in [0.5, 0.6) is 0 Å². The summed E-state index contributed by atoms with van der Waals surface area (Å²) in [6.07, 6.45) is 7.27. The smallest absolute Gasteiger partial charge is 0.323 e. The van der Waals surface area contributed by atoms with Crippen LogP contribution >= 0.6 is 0 Å². The lowest BCUT2D eigenvalue weighted by atomic mass is 9.78. The molecule has 4 heteroatoms. The molecular formula is C13H23NO3. The van der Waals surface area contributed by atoms with Crippen molar-refractivity contribution in [2.24, 2.45) is 5.92 Å². The van der Waals surface area contributed by atoms with Gasteiger partial charge in [0.25, 0.3) is 0 Å². The summed E-state index contributed by atoms with van der Waals surface area (Å²) in [5.74, 6) is 0.679. The van der Waals surface area contributed by atoms with Crippen molar-refractivity contribution in [3.05, 3.63) is 0 Å². The molecule has 0 aromatic rings. The van der Waals surface area contributed by atoms with Crippen molar-refractivity contribution in [2.45, 2.75) is 50.6 Å². The van der Waals surface area contributed by atoms with Crippen molar-refractivity contribution in [1.29, 1.82) is 0 Å². The maximum Gasteiger partial charge on any atom is 0.323 e. The third-order valence-corrected chi connectivity index (χ3v) is 3.97. The highest BCUT2D eigenvalue weighted by Crippen LogP contribution is 2.32. The van der Waals surface area contributed by atoms with Crippen LogP contribution in [0.4, 0.5) is 0 Å². The highest BCUT2D eigenvalue weighted by atomic mass is 16.6. The minimum absolute atomic E-state index is 0.0915. The fraction of sp³-hybridized carbons (Fsp3) is 0.923. The molecule has 1 saturated heterocycles. The lowest BCUT2D eigenvalue weighted by molar-refractivity contribution is -0.149. The maximum absolute atomic E-state index is 11.8. The standard InChI is InChI=1S/C13H23NO3/c1-16-8-9-17-13(15)12-7-6-10-4-2-3-5-11(10)14-12/h10-12,14H,2-9H2,1H3. The van der Waals surface area contributed by atoms with Gasteiger partial charge in [0.2, 0.25) is 0 Å². The average molecular weight is 241 g/mol. The van der Waals surface area contributed by atoms with Gasteiger partial charge in [-0.2, -0.15) is 0 Å². The zero-order valence-electron chi connectivity index (χ0n) is 10.6. The number of rotatable bonds is 4. The summed E-state index contributed by atoms with van der Waals surface area (Å²) in [5.41, 5.74) is 0. The first kappa shape index (κ1) is 12.8. The minimum Gasteiger partial charge on any atom is -0.462 e. The number of methoxy groups -OCH3 is 1. The predicted molar refractivity (Wildman–Crippen MR) is 64.7 cm³/mol. The molecule has 17 heavy (non-hydrogen) atoms. The fourth-order valence-electron chi connectivity index (χ4n) is 3.01. The molecule has 1 aliphatic heterocycles. The largest absolute Gasteiger partial charge is 0.462 e. The molecule has 0 aromatic heterocycles. The summed E-state index contributed by atoms with van der Waals surface area (Å²) >= 11 is 0. The first-order valence-corrected chi connectivity index (χ1v) is 6.73. The first-order chi connectivity index (χ1) is 8.31. The highest BCUT2D eigenvalue weighted by Gasteiger charge is 2.34. The molecule has 4 nitrogen and oxygen atoms in total. The first-order valence-electron chi connectivity index (χ1n) is 6.73. The van der Waals surface area contributed by atoms with Gasteiger partial charge in [0.1, 0.15) is 12.6 Å². The topological polar surface area (TPSA) is 47.6 Å². The summed E-state index contributed by atoms with van der Waals surface area (Å²) in [6, 6.07) is 0.448. The Morgan fingerprint density at radius 2 is 2.00 bits per heavy atom. The maximum atomic E-state index is 11.8. The van der Waals surface area contributed by atoms with Gasteiger partial charge in [0.05, 0.1) is 6.61 Å². The van der Waals surface area contributed by atoms with Crippen LogP contribution in [0.1, 0.15) is 38.5 Å². The van der Waals surface area contributed by atoms with E-state index in [1.165, 1.54) is 32.1 Å². The fourth-order valence-corrected chi connectivity index (χ4v) is 3.01. The van der Waals surface area contributed by atoms with Crippen LogP contribution in [0.25, 0.3) is 0 Å².